The van der Waals surface area contributed by atoms with E-state index in [1.165, 1.54) is 31.1 Å². The first-order chi connectivity index (χ1) is 12.9. The fourth-order valence-electron chi connectivity index (χ4n) is 2.93. The Balaban J connectivity index is 2.01. The molecular formula is C15H18FN5O5S. The number of rotatable bonds is 6. The minimum atomic E-state index is -0.967. The first kappa shape index (κ1) is 19.3. The largest absolute Gasteiger partial charge is 0.456 e. The van der Waals surface area contributed by atoms with Crippen LogP contribution in [-0.2, 0) is 23.8 Å². The van der Waals surface area contributed by atoms with Crippen LogP contribution in [0.1, 0.15) is 20.1 Å². The van der Waals surface area contributed by atoms with Crippen molar-refractivity contribution in [1.82, 2.24) is 19.5 Å². The number of thioether (sulfide) groups is 1. The lowest BCUT2D eigenvalue weighted by molar-refractivity contribution is -0.165. The van der Waals surface area contributed by atoms with Crippen molar-refractivity contribution in [2.75, 3.05) is 17.5 Å². The molecule has 0 spiro atoms. The van der Waals surface area contributed by atoms with E-state index in [9.17, 15) is 14.0 Å². The van der Waals surface area contributed by atoms with Gasteiger partial charge in [0.05, 0.1) is 6.33 Å². The number of carbonyl (C=O) groups is 2. The highest BCUT2D eigenvalue weighted by molar-refractivity contribution is 7.99. The summed E-state index contributed by atoms with van der Waals surface area (Å²) in [7, 11) is 0. The van der Waals surface area contributed by atoms with E-state index in [1.54, 1.807) is 0 Å². The average molecular weight is 399 g/mol. The number of carbonyl (C=O) groups excluding carboxylic acids is 2. The summed E-state index contributed by atoms with van der Waals surface area (Å²) in [6.45, 7) is 2.47. The molecule has 1 aliphatic rings. The van der Waals surface area contributed by atoms with Crippen molar-refractivity contribution in [3.05, 3.63) is 12.7 Å². The molecule has 3 heterocycles. The number of esters is 2. The predicted molar refractivity (Wildman–Crippen MR) is 93.2 cm³/mol. The lowest BCUT2D eigenvalue weighted by atomic mass is 10.1. The van der Waals surface area contributed by atoms with Crippen molar-refractivity contribution in [3.8, 4) is 0 Å². The van der Waals surface area contributed by atoms with Gasteiger partial charge in [0.2, 0.25) is 0 Å². The van der Waals surface area contributed by atoms with Gasteiger partial charge in [-0.3, -0.25) is 14.2 Å². The van der Waals surface area contributed by atoms with E-state index in [-0.39, 0.29) is 11.6 Å². The quantitative estimate of drug-likeness (QED) is 0.697. The molecule has 1 saturated heterocycles. The molecule has 0 bridgehead atoms. The van der Waals surface area contributed by atoms with Crippen LogP contribution in [0.4, 0.5) is 10.2 Å². The van der Waals surface area contributed by atoms with E-state index in [0.29, 0.717) is 11.2 Å². The number of fused-ring (bicyclic) bond motifs is 1. The molecule has 4 atom stereocenters. The van der Waals surface area contributed by atoms with E-state index in [0.717, 1.165) is 11.8 Å². The Bertz CT molecular complexity index is 849. The lowest BCUT2D eigenvalue weighted by Gasteiger charge is -2.23. The highest BCUT2D eigenvalue weighted by Gasteiger charge is 2.50. The molecule has 3 rings (SSSR count). The summed E-state index contributed by atoms with van der Waals surface area (Å²) in [5, 5.41) is 0. The molecule has 0 unspecified atom stereocenters. The first-order valence-electron chi connectivity index (χ1n) is 7.99. The van der Waals surface area contributed by atoms with Crippen LogP contribution < -0.4 is 5.73 Å². The third kappa shape index (κ3) is 3.95. The van der Waals surface area contributed by atoms with Crippen LogP contribution in [0.5, 0.6) is 0 Å². The van der Waals surface area contributed by atoms with Gasteiger partial charge in [-0.15, -0.1) is 11.8 Å². The number of imidazole rings is 1. The van der Waals surface area contributed by atoms with Crippen LogP contribution in [-0.4, -0.2) is 61.5 Å². The molecule has 27 heavy (non-hydrogen) atoms. The van der Waals surface area contributed by atoms with E-state index >= 15 is 0 Å². The zero-order chi connectivity index (χ0) is 19.6. The van der Waals surface area contributed by atoms with Gasteiger partial charge in [0.25, 0.3) is 0 Å². The number of hydrogen-bond acceptors (Lipinski definition) is 10. The Labute approximate surface area is 157 Å². The van der Waals surface area contributed by atoms with Gasteiger partial charge in [-0.25, -0.2) is 19.3 Å². The number of aromatic nitrogens is 4. The molecule has 12 heteroatoms. The van der Waals surface area contributed by atoms with Gasteiger partial charge in [0, 0.05) is 19.6 Å². The Hall–Kier alpha value is -2.47. The first-order valence-corrected chi connectivity index (χ1v) is 9.14. The molecule has 0 aliphatic carbocycles. The van der Waals surface area contributed by atoms with Gasteiger partial charge >= 0.3 is 11.9 Å². The number of nitrogens with zero attached hydrogens (tertiary/aromatic N) is 4. The third-order valence-electron chi connectivity index (χ3n) is 3.91. The summed E-state index contributed by atoms with van der Waals surface area (Å²) < 4.78 is 30.8. The van der Waals surface area contributed by atoms with E-state index in [4.69, 9.17) is 19.9 Å². The van der Waals surface area contributed by atoms with Gasteiger partial charge in [0.1, 0.15) is 24.0 Å². The number of nitrogens with two attached hydrogens (primary N) is 1. The van der Waals surface area contributed by atoms with E-state index < -0.39 is 42.5 Å². The molecule has 10 nitrogen and oxygen atoms in total. The fraction of sp³-hybridized carbons (Fsp3) is 0.533. The van der Waals surface area contributed by atoms with Gasteiger partial charge < -0.3 is 19.9 Å². The lowest BCUT2D eigenvalue weighted by Crippen LogP contribution is -2.39. The van der Waals surface area contributed by atoms with Crippen LogP contribution in [0.25, 0.3) is 11.2 Å². The number of hydrogen-bond donors (Lipinski definition) is 1. The third-order valence-corrected chi connectivity index (χ3v) is 4.63. The monoisotopic (exact) mass is 399 g/mol. The van der Waals surface area contributed by atoms with Crippen molar-refractivity contribution in [2.24, 2.45) is 0 Å². The van der Waals surface area contributed by atoms with Crippen molar-refractivity contribution in [1.29, 1.82) is 0 Å². The molecule has 0 amide bonds. The maximum atomic E-state index is 12.6. The summed E-state index contributed by atoms with van der Waals surface area (Å²) in [4.78, 5) is 35.4. The summed E-state index contributed by atoms with van der Waals surface area (Å²) in [6.07, 6.45) is -0.765. The molecule has 1 fully saturated rings. The van der Waals surface area contributed by atoms with E-state index in [2.05, 4.69) is 15.0 Å². The topological polar surface area (TPSA) is 131 Å². The van der Waals surface area contributed by atoms with Crippen LogP contribution in [0.3, 0.4) is 0 Å². The number of halogens is 1. The molecule has 1 aliphatic heterocycles. The summed E-state index contributed by atoms with van der Waals surface area (Å²) in [5.74, 6) is -0.768. The maximum absolute atomic E-state index is 12.6. The second-order valence-electron chi connectivity index (χ2n) is 5.78. The van der Waals surface area contributed by atoms with Crippen molar-refractivity contribution in [2.45, 2.75) is 38.4 Å². The molecule has 0 aromatic carbocycles. The van der Waals surface area contributed by atoms with E-state index in [1.807, 2.05) is 0 Å². The van der Waals surface area contributed by atoms with Crippen molar-refractivity contribution < 1.29 is 28.2 Å². The smallest absolute Gasteiger partial charge is 0.303 e. The zero-order valence-electron chi connectivity index (χ0n) is 14.6. The normalized spacial score (nSPS) is 24.9. The summed E-state index contributed by atoms with van der Waals surface area (Å²) >= 11 is 0.969. The Morgan fingerprint density at radius 3 is 2.63 bits per heavy atom. The summed E-state index contributed by atoms with van der Waals surface area (Å²) in [6, 6.07) is -0.632. The highest BCUT2D eigenvalue weighted by Crippen LogP contribution is 2.37. The SMILES string of the molecule is CC(=O)O[C@@H]1[C@H](OC(C)=O)[C@@H](CSCF)O[C@H]1n1cnc2c(N)ncnc21. The number of nitrogen functional groups attached to an aromatic ring is 1. The van der Waals surface area contributed by atoms with Gasteiger partial charge in [0.15, 0.2) is 29.9 Å². The van der Waals surface area contributed by atoms with Crippen molar-refractivity contribution >= 4 is 40.7 Å². The molecule has 0 radical (unpaired) electrons. The molecule has 146 valence electrons. The van der Waals surface area contributed by atoms with Gasteiger partial charge in [-0.2, -0.15) is 0 Å². The molecular weight excluding hydrogens is 381 g/mol. The second kappa shape index (κ2) is 8.05. The second-order valence-corrected chi connectivity index (χ2v) is 6.74. The number of ether oxygens (including phenoxy) is 3. The maximum Gasteiger partial charge on any atom is 0.303 e. The minimum absolute atomic E-state index is 0.182. The Kier molecular flexibility index (Phi) is 5.75. The fourth-order valence-corrected chi connectivity index (χ4v) is 3.52. The minimum Gasteiger partial charge on any atom is -0.456 e. The molecule has 2 aromatic heterocycles. The molecule has 2 N–H and O–H groups in total. The van der Waals surface area contributed by atoms with Crippen LogP contribution in [0.2, 0.25) is 0 Å². The van der Waals surface area contributed by atoms with Crippen molar-refractivity contribution in [3.63, 3.8) is 0 Å². The Morgan fingerprint density at radius 1 is 1.26 bits per heavy atom. The van der Waals surface area contributed by atoms with Crippen LogP contribution >= 0.6 is 11.8 Å². The number of alkyl halides is 1. The number of anilines is 1. The van der Waals surface area contributed by atoms with Gasteiger partial charge in [-0.05, 0) is 0 Å². The zero-order valence-corrected chi connectivity index (χ0v) is 15.4. The van der Waals surface area contributed by atoms with Crippen LogP contribution in [0, 0.1) is 0 Å². The highest BCUT2D eigenvalue weighted by atomic mass is 32.2. The van der Waals surface area contributed by atoms with Crippen LogP contribution in [0.15, 0.2) is 12.7 Å². The standard InChI is InChI=1S/C15H18FN5O5S/c1-7(22)24-11-9(3-27-4-16)26-15(12(11)25-8(2)23)21-6-20-10-13(17)18-5-19-14(10)21/h5-6,9,11-12,15H,3-4H2,1-2H3,(H2,17,18,19)/t9-,11-,12-,15-/m1/s1. The molecule has 2 aromatic rings. The summed E-state index contributed by atoms with van der Waals surface area (Å²) in [5.41, 5.74) is 6.52. The molecule has 0 saturated carbocycles. The average Bonchev–Trinajstić information content (AvgIpc) is 3.16. The Morgan fingerprint density at radius 2 is 1.96 bits per heavy atom. The van der Waals surface area contributed by atoms with Gasteiger partial charge in [-0.1, -0.05) is 0 Å². The predicted octanol–water partition coefficient (Wildman–Crippen LogP) is 0.829.